The van der Waals surface area contributed by atoms with E-state index in [2.05, 4.69) is 11.8 Å². The summed E-state index contributed by atoms with van der Waals surface area (Å²) in [5, 5.41) is 17.9. The van der Waals surface area contributed by atoms with Gasteiger partial charge in [0.1, 0.15) is 0 Å². The Morgan fingerprint density at radius 1 is 1.06 bits per heavy atom. The smallest absolute Gasteiger partial charge is 0.0558 e. The van der Waals surface area contributed by atoms with Crippen molar-refractivity contribution in [2.24, 2.45) is 11.8 Å². The van der Waals surface area contributed by atoms with Gasteiger partial charge >= 0.3 is 0 Å². The average Bonchev–Trinajstić information content (AvgIpc) is 2.29. The molecule has 1 rings (SSSR count). The van der Waals surface area contributed by atoms with Crippen LogP contribution in [0.1, 0.15) is 39.0 Å². The Kier molecular flexibility index (Phi) is 7.01. The fraction of sp³-hybridized carbons (Fsp3) is 1.00. The highest BCUT2D eigenvalue weighted by Crippen LogP contribution is 2.30. The SMILES string of the molecule is CC1CCCCC1CN(CCO)CCCO. The van der Waals surface area contributed by atoms with Crippen LogP contribution in [0, 0.1) is 11.8 Å². The van der Waals surface area contributed by atoms with Crippen LogP contribution in [0.3, 0.4) is 0 Å². The molecule has 3 heteroatoms. The van der Waals surface area contributed by atoms with Gasteiger partial charge in [0, 0.05) is 26.2 Å². The second-order valence-corrected chi connectivity index (χ2v) is 5.12. The molecule has 0 aromatic heterocycles. The molecule has 3 nitrogen and oxygen atoms in total. The minimum atomic E-state index is 0.229. The highest BCUT2D eigenvalue weighted by Gasteiger charge is 2.23. The first-order chi connectivity index (χ1) is 7.77. The summed E-state index contributed by atoms with van der Waals surface area (Å²) in [6.45, 7) is 5.60. The normalized spacial score (nSPS) is 26.2. The number of rotatable bonds is 7. The lowest BCUT2D eigenvalue weighted by Crippen LogP contribution is -2.36. The molecule has 1 aliphatic carbocycles. The third-order valence-electron chi connectivity index (χ3n) is 3.83. The Labute approximate surface area is 99.5 Å². The van der Waals surface area contributed by atoms with Gasteiger partial charge in [0.2, 0.25) is 0 Å². The molecule has 0 spiro atoms. The molecule has 0 aliphatic heterocycles. The van der Waals surface area contributed by atoms with Crippen molar-refractivity contribution in [3.05, 3.63) is 0 Å². The van der Waals surface area contributed by atoms with Crippen molar-refractivity contribution in [1.29, 1.82) is 0 Å². The van der Waals surface area contributed by atoms with Crippen LogP contribution in [-0.4, -0.2) is 48.0 Å². The van der Waals surface area contributed by atoms with E-state index in [1.807, 2.05) is 0 Å². The standard InChI is InChI=1S/C13H27NO2/c1-12-5-2-3-6-13(12)11-14(8-10-16)7-4-9-15/h12-13,15-16H,2-11H2,1H3. The van der Waals surface area contributed by atoms with Gasteiger partial charge in [0.05, 0.1) is 6.61 Å². The van der Waals surface area contributed by atoms with Crippen LogP contribution >= 0.6 is 0 Å². The highest BCUT2D eigenvalue weighted by atomic mass is 16.3. The second kappa shape index (κ2) is 8.04. The fourth-order valence-corrected chi connectivity index (χ4v) is 2.73. The van der Waals surface area contributed by atoms with Crippen molar-refractivity contribution in [3.63, 3.8) is 0 Å². The molecule has 0 radical (unpaired) electrons. The first-order valence-corrected chi connectivity index (χ1v) is 6.72. The first kappa shape index (κ1) is 13.9. The maximum Gasteiger partial charge on any atom is 0.0558 e. The van der Waals surface area contributed by atoms with Crippen molar-refractivity contribution >= 4 is 0 Å². The van der Waals surface area contributed by atoms with Crippen LogP contribution < -0.4 is 0 Å². The summed E-state index contributed by atoms with van der Waals surface area (Å²) in [4.78, 5) is 2.31. The predicted molar refractivity (Wildman–Crippen MR) is 66.4 cm³/mol. The molecular formula is C13H27NO2. The van der Waals surface area contributed by atoms with Gasteiger partial charge in [0.15, 0.2) is 0 Å². The summed E-state index contributed by atoms with van der Waals surface area (Å²) < 4.78 is 0. The summed E-state index contributed by atoms with van der Waals surface area (Å²) in [5.41, 5.74) is 0. The van der Waals surface area contributed by atoms with E-state index in [4.69, 9.17) is 10.2 Å². The molecule has 0 saturated heterocycles. The lowest BCUT2D eigenvalue weighted by atomic mass is 9.80. The molecular weight excluding hydrogens is 202 g/mol. The van der Waals surface area contributed by atoms with Gasteiger partial charge in [-0.1, -0.05) is 26.2 Å². The summed E-state index contributed by atoms with van der Waals surface area (Å²) in [6.07, 6.45) is 6.26. The van der Waals surface area contributed by atoms with E-state index in [-0.39, 0.29) is 13.2 Å². The summed E-state index contributed by atoms with van der Waals surface area (Å²) in [5.74, 6) is 1.61. The van der Waals surface area contributed by atoms with Gasteiger partial charge < -0.3 is 15.1 Å². The molecule has 0 amide bonds. The number of aliphatic hydroxyl groups excluding tert-OH is 2. The second-order valence-electron chi connectivity index (χ2n) is 5.12. The minimum absolute atomic E-state index is 0.229. The third kappa shape index (κ3) is 4.81. The van der Waals surface area contributed by atoms with E-state index < -0.39 is 0 Å². The largest absolute Gasteiger partial charge is 0.396 e. The van der Waals surface area contributed by atoms with Gasteiger partial charge in [-0.05, 0) is 24.7 Å². The molecule has 1 saturated carbocycles. The molecule has 0 aromatic carbocycles. The zero-order chi connectivity index (χ0) is 11.8. The Morgan fingerprint density at radius 2 is 1.81 bits per heavy atom. The van der Waals surface area contributed by atoms with Crippen molar-refractivity contribution in [2.45, 2.75) is 39.0 Å². The van der Waals surface area contributed by atoms with E-state index in [9.17, 15) is 0 Å². The lowest BCUT2D eigenvalue weighted by molar-refractivity contribution is 0.127. The number of aliphatic hydroxyl groups is 2. The van der Waals surface area contributed by atoms with Crippen molar-refractivity contribution in [1.82, 2.24) is 4.90 Å². The monoisotopic (exact) mass is 229 g/mol. The maximum absolute atomic E-state index is 9.03. The van der Waals surface area contributed by atoms with Crippen LogP contribution in [0.2, 0.25) is 0 Å². The fourth-order valence-electron chi connectivity index (χ4n) is 2.73. The molecule has 2 unspecified atom stereocenters. The molecule has 16 heavy (non-hydrogen) atoms. The minimum Gasteiger partial charge on any atom is -0.396 e. The summed E-state index contributed by atoms with van der Waals surface area (Å²) >= 11 is 0. The van der Waals surface area contributed by atoms with Gasteiger partial charge in [0.25, 0.3) is 0 Å². The zero-order valence-corrected chi connectivity index (χ0v) is 10.6. The van der Waals surface area contributed by atoms with Crippen molar-refractivity contribution in [2.75, 3.05) is 32.8 Å². The number of hydrogen-bond donors (Lipinski definition) is 2. The van der Waals surface area contributed by atoms with Gasteiger partial charge in [-0.25, -0.2) is 0 Å². The Hall–Kier alpha value is -0.120. The van der Waals surface area contributed by atoms with E-state index in [1.165, 1.54) is 25.7 Å². The van der Waals surface area contributed by atoms with Gasteiger partial charge in [-0.15, -0.1) is 0 Å². The quantitative estimate of drug-likeness (QED) is 0.695. The molecule has 0 heterocycles. The molecule has 1 aliphatic rings. The molecule has 0 bridgehead atoms. The Morgan fingerprint density at radius 3 is 2.44 bits per heavy atom. The molecule has 2 N–H and O–H groups in total. The lowest BCUT2D eigenvalue weighted by Gasteiger charge is -2.33. The van der Waals surface area contributed by atoms with Crippen LogP contribution in [0.5, 0.6) is 0 Å². The molecule has 96 valence electrons. The number of nitrogens with zero attached hydrogens (tertiary/aromatic N) is 1. The summed E-state index contributed by atoms with van der Waals surface area (Å²) in [6, 6.07) is 0. The van der Waals surface area contributed by atoms with Crippen LogP contribution in [0.15, 0.2) is 0 Å². The summed E-state index contributed by atoms with van der Waals surface area (Å²) in [7, 11) is 0. The van der Waals surface area contributed by atoms with Crippen LogP contribution in [0.4, 0.5) is 0 Å². The van der Waals surface area contributed by atoms with E-state index >= 15 is 0 Å². The third-order valence-corrected chi connectivity index (χ3v) is 3.83. The van der Waals surface area contributed by atoms with Gasteiger partial charge in [-0.2, -0.15) is 0 Å². The highest BCUT2D eigenvalue weighted by molar-refractivity contribution is 4.75. The van der Waals surface area contributed by atoms with E-state index in [0.29, 0.717) is 0 Å². The molecule has 1 fully saturated rings. The predicted octanol–water partition coefficient (Wildman–Crippen LogP) is 1.49. The van der Waals surface area contributed by atoms with E-state index in [0.717, 1.165) is 37.9 Å². The maximum atomic E-state index is 9.03. The topological polar surface area (TPSA) is 43.7 Å². The Balaban J connectivity index is 2.33. The van der Waals surface area contributed by atoms with Gasteiger partial charge in [-0.3, -0.25) is 0 Å². The van der Waals surface area contributed by atoms with E-state index in [1.54, 1.807) is 0 Å². The van der Waals surface area contributed by atoms with Crippen LogP contribution in [0.25, 0.3) is 0 Å². The number of hydrogen-bond acceptors (Lipinski definition) is 3. The molecule has 0 aromatic rings. The first-order valence-electron chi connectivity index (χ1n) is 6.72. The van der Waals surface area contributed by atoms with Crippen molar-refractivity contribution < 1.29 is 10.2 Å². The Bertz CT molecular complexity index is 175. The molecule has 2 atom stereocenters. The van der Waals surface area contributed by atoms with Crippen molar-refractivity contribution in [3.8, 4) is 0 Å². The van der Waals surface area contributed by atoms with Crippen LogP contribution in [-0.2, 0) is 0 Å². The average molecular weight is 229 g/mol. The zero-order valence-electron chi connectivity index (χ0n) is 10.6.